The van der Waals surface area contributed by atoms with Crippen LogP contribution in [0.2, 0.25) is 0 Å². The number of nitrogens with zero attached hydrogens (tertiary/aromatic N) is 2. The van der Waals surface area contributed by atoms with Crippen LogP contribution in [0.1, 0.15) is 0 Å². The molecule has 0 N–H and O–H groups in total. The fraction of sp³-hybridized carbons (Fsp3) is 0. The molecule has 1 aromatic heterocycles. The lowest BCUT2D eigenvalue weighted by Gasteiger charge is -1.93. The van der Waals surface area contributed by atoms with Gasteiger partial charge in [-0.05, 0) is 6.07 Å². The van der Waals surface area contributed by atoms with E-state index in [0.29, 0.717) is 5.69 Å². The van der Waals surface area contributed by atoms with Crippen molar-refractivity contribution < 1.29 is 0 Å². The van der Waals surface area contributed by atoms with Gasteiger partial charge in [-0.2, -0.15) is 0 Å². The highest BCUT2D eigenvalue weighted by molar-refractivity contribution is 5.57. The van der Waals surface area contributed by atoms with E-state index in [4.69, 9.17) is 0 Å². The van der Waals surface area contributed by atoms with Crippen molar-refractivity contribution in [2.24, 2.45) is 0 Å². The Morgan fingerprint density at radius 1 is 0.786 bits per heavy atom. The van der Waals surface area contributed by atoms with Gasteiger partial charge in [-0.25, -0.2) is 0 Å². The summed E-state index contributed by atoms with van der Waals surface area (Å²) in [6.07, 6.45) is 0. The molecule has 1 heterocycles. The molecular weight excluding hydrogens is 176 g/mol. The minimum Gasteiger partial charge on any atom is -0.266 e. The van der Waals surface area contributed by atoms with Gasteiger partial charge in [0.25, 0.3) is 5.56 Å². The van der Waals surface area contributed by atoms with E-state index in [1.165, 1.54) is 6.07 Å². The van der Waals surface area contributed by atoms with E-state index in [9.17, 15) is 4.79 Å². The summed E-state index contributed by atoms with van der Waals surface area (Å²) in [7, 11) is 0. The predicted octanol–water partition coefficient (Wildman–Crippen LogP) is 1.50. The third kappa shape index (κ3) is 1.82. The zero-order chi connectivity index (χ0) is 9.80. The fourth-order valence-corrected chi connectivity index (χ4v) is 1.15. The zero-order valence-corrected chi connectivity index (χ0v) is 7.42. The summed E-state index contributed by atoms with van der Waals surface area (Å²) in [6, 6.07) is 14.4. The van der Waals surface area contributed by atoms with Gasteiger partial charge in [0.15, 0.2) is 0 Å². The topological polar surface area (TPSA) is 42.9 Å². The third-order valence-electron chi connectivity index (χ3n) is 1.82. The molecule has 0 bridgehead atoms. The normalized spacial score (nSPS) is 9.71. The van der Waals surface area contributed by atoms with Crippen molar-refractivity contribution in [1.29, 1.82) is 0 Å². The minimum absolute atomic E-state index is 0.327. The lowest BCUT2D eigenvalue weighted by molar-refractivity contribution is 1.02. The highest BCUT2D eigenvalue weighted by atomic mass is 16.1. The summed E-state index contributed by atoms with van der Waals surface area (Å²) >= 11 is 0. The van der Waals surface area contributed by atoms with E-state index in [1.54, 1.807) is 12.1 Å². The van der Waals surface area contributed by atoms with E-state index >= 15 is 0 Å². The Hall–Kier alpha value is -2.03. The Morgan fingerprint density at radius 2 is 1.57 bits per heavy atom. The monoisotopic (exact) mass is 184 g/mol. The highest BCUT2D eigenvalue weighted by Crippen LogP contribution is 2.12. The number of hydrogen-bond acceptors (Lipinski definition) is 3. The molecule has 0 saturated carbocycles. The van der Waals surface area contributed by atoms with E-state index in [1.807, 2.05) is 30.3 Å². The molecule has 14 heavy (non-hydrogen) atoms. The van der Waals surface area contributed by atoms with Crippen LogP contribution in [0.25, 0.3) is 11.3 Å². The molecule has 1 aromatic carbocycles. The Bertz CT molecular complexity index is 483. The molecule has 68 valence electrons. The van der Waals surface area contributed by atoms with Crippen molar-refractivity contribution in [1.82, 2.24) is 10.2 Å². The first-order valence-electron chi connectivity index (χ1n) is 4.26. The standard InChI is InChI=1S/C11H8N2O/c14-11-8-4-7-10(12-13-11)9-5-2-1-3-6-9/h1-8H. The maximum Gasteiger partial charge on any atom is 0.288 e. The van der Waals surface area contributed by atoms with Crippen molar-refractivity contribution in [3.05, 3.63) is 58.9 Å². The summed E-state index contributed by atoms with van der Waals surface area (Å²) < 4.78 is 0. The summed E-state index contributed by atoms with van der Waals surface area (Å²) in [5.74, 6) is 0. The average molecular weight is 184 g/mol. The van der Waals surface area contributed by atoms with Crippen LogP contribution in [0.3, 0.4) is 0 Å². The Morgan fingerprint density at radius 3 is 2.36 bits per heavy atom. The number of benzene rings is 1. The summed E-state index contributed by atoms with van der Waals surface area (Å²) in [6.45, 7) is 0. The number of hydrogen-bond donors (Lipinski definition) is 0. The molecule has 0 fully saturated rings. The fourth-order valence-electron chi connectivity index (χ4n) is 1.15. The molecular formula is C11H8N2O. The van der Waals surface area contributed by atoms with Crippen molar-refractivity contribution in [3.8, 4) is 11.3 Å². The number of aromatic nitrogens is 2. The molecule has 0 atom stereocenters. The predicted molar refractivity (Wildman–Crippen MR) is 53.7 cm³/mol. The maximum atomic E-state index is 10.9. The van der Waals surface area contributed by atoms with Gasteiger partial charge in [0.05, 0.1) is 5.69 Å². The molecule has 0 amide bonds. The summed E-state index contributed by atoms with van der Waals surface area (Å²) in [5, 5.41) is 7.36. The van der Waals surface area contributed by atoms with Gasteiger partial charge in [-0.3, -0.25) is 4.79 Å². The third-order valence-corrected chi connectivity index (χ3v) is 1.82. The van der Waals surface area contributed by atoms with Gasteiger partial charge < -0.3 is 0 Å². The summed E-state index contributed by atoms with van der Waals surface area (Å²) in [5.41, 5.74) is 1.33. The molecule has 3 nitrogen and oxygen atoms in total. The molecule has 0 saturated heterocycles. The first-order valence-corrected chi connectivity index (χ1v) is 4.26. The van der Waals surface area contributed by atoms with E-state index < -0.39 is 0 Å². The van der Waals surface area contributed by atoms with E-state index in [-0.39, 0.29) is 5.56 Å². The summed E-state index contributed by atoms with van der Waals surface area (Å²) in [4.78, 5) is 10.9. The van der Waals surface area contributed by atoms with Gasteiger partial charge in [-0.1, -0.05) is 36.4 Å². The highest BCUT2D eigenvalue weighted by Gasteiger charge is 1.95. The lowest BCUT2D eigenvalue weighted by Crippen LogP contribution is -2.00. The van der Waals surface area contributed by atoms with Crippen molar-refractivity contribution in [2.75, 3.05) is 0 Å². The van der Waals surface area contributed by atoms with Gasteiger partial charge in [0.1, 0.15) is 0 Å². The average Bonchev–Trinajstić information content (AvgIpc) is 2.44. The second-order valence-electron chi connectivity index (χ2n) is 2.82. The van der Waals surface area contributed by atoms with E-state index in [2.05, 4.69) is 10.2 Å². The molecule has 0 unspecified atom stereocenters. The smallest absolute Gasteiger partial charge is 0.266 e. The Kier molecular flexibility index (Phi) is 2.32. The van der Waals surface area contributed by atoms with Crippen LogP contribution in [0, 0.1) is 0 Å². The van der Waals surface area contributed by atoms with Gasteiger partial charge in [0.2, 0.25) is 0 Å². The SMILES string of the molecule is O=c1cccc(-c2ccccc2)nn1. The largest absolute Gasteiger partial charge is 0.288 e. The van der Waals surface area contributed by atoms with Crippen LogP contribution in [-0.4, -0.2) is 10.2 Å². The van der Waals surface area contributed by atoms with Crippen molar-refractivity contribution >= 4 is 0 Å². The van der Waals surface area contributed by atoms with E-state index in [0.717, 1.165) is 5.56 Å². The maximum absolute atomic E-state index is 10.9. The van der Waals surface area contributed by atoms with Crippen LogP contribution in [-0.2, 0) is 0 Å². The van der Waals surface area contributed by atoms with Crippen LogP contribution in [0.4, 0.5) is 0 Å². The van der Waals surface area contributed by atoms with Crippen LogP contribution < -0.4 is 5.56 Å². The van der Waals surface area contributed by atoms with Crippen LogP contribution in [0.5, 0.6) is 0 Å². The first-order chi connectivity index (χ1) is 6.86. The number of rotatable bonds is 1. The molecule has 0 spiro atoms. The van der Waals surface area contributed by atoms with Crippen molar-refractivity contribution in [3.63, 3.8) is 0 Å². The zero-order valence-electron chi connectivity index (χ0n) is 7.42. The molecule has 2 aromatic rings. The van der Waals surface area contributed by atoms with Gasteiger partial charge in [-0.15, -0.1) is 10.2 Å². The van der Waals surface area contributed by atoms with Gasteiger partial charge in [0, 0.05) is 11.6 Å². The molecule has 3 heteroatoms. The lowest BCUT2D eigenvalue weighted by atomic mass is 10.1. The second kappa shape index (κ2) is 3.79. The second-order valence-corrected chi connectivity index (χ2v) is 2.82. The quantitative estimate of drug-likeness (QED) is 0.674. The van der Waals surface area contributed by atoms with Crippen LogP contribution >= 0.6 is 0 Å². The van der Waals surface area contributed by atoms with Crippen molar-refractivity contribution in [2.45, 2.75) is 0 Å². The Balaban J connectivity index is 2.54. The molecule has 0 aliphatic rings. The first kappa shape index (κ1) is 8.56. The molecule has 0 radical (unpaired) electrons. The molecule has 0 aliphatic carbocycles. The van der Waals surface area contributed by atoms with Crippen LogP contribution in [0.15, 0.2) is 53.3 Å². The molecule has 0 aliphatic heterocycles. The molecule has 2 rings (SSSR count). The van der Waals surface area contributed by atoms with Gasteiger partial charge >= 0.3 is 0 Å². The Labute approximate surface area is 81.1 Å². The minimum atomic E-state index is -0.327.